The fourth-order valence-corrected chi connectivity index (χ4v) is 3.82. The molecule has 8 nitrogen and oxygen atoms in total. The van der Waals surface area contributed by atoms with Crippen LogP contribution in [0.4, 0.5) is 0 Å². The summed E-state index contributed by atoms with van der Waals surface area (Å²) in [6.45, 7) is 6.99. The molecule has 0 spiro atoms. The van der Waals surface area contributed by atoms with Gasteiger partial charge in [-0.2, -0.15) is 0 Å². The number of nitrogens with one attached hydrogen (secondary N) is 2. The monoisotopic (exact) mass is 490 g/mol. The predicted molar refractivity (Wildman–Crippen MR) is 119 cm³/mol. The van der Waals surface area contributed by atoms with Gasteiger partial charge in [0.05, 0.1) is 6.54 Å². The number of hydrogen-bond donors (Lipinski definition) is 2. The summed E-state index contributed by atoms with van der Waals surface area (Å²) < 4.78 is 6.47. The molecule has 0 aliphatic carbocycles. The zero-order chi connectivity index (χ0) is 22.4. The molecule has 9 heteroatoms. The Kier molecular flexibility index (Phi) is 7.86. The van der Waals surface area contributed by atoms with Gasteiger partial charge < -0.3 is 9.32 Å². The quantitative estimate of drug-likeness (QED) is 0.581. The summed E-state index contributed by atoms with van der Waals surface area (Å²) in [5.74, 6) is -0.364. The first-order valence-electron chi connectivity index (χ1n) is 10.4. The molecule has 3 amide bonds. The van der Waals surface area contributed by atoms with Crippen LogP contribution in [0.2, 0.25) is 0 Å². The van der Waals surface area contributed by atoms with E-state index in [2.05, 4.69) is 45.5 Å². The lowest BCUT2D eigenvalue weighted by molar-refractivity contribution is -0.125. The van der Waals surface area contributed by atoms with E-state index in [4.69, 9.17) is 4.42 Å². The fourth-order valence-electron chi connectivity index (χ4n) is 3.56. The molecule has 31 heavy (non-hydrogen) atoms. The number of likely N-dealkylation sites (tertiary alicyclic amines) is 1. The number of halogens is 1. The van der Waals surface area contributed by atoms with Crippen molar-refractivity contribution in [3.63, 3.8) is 0 Å². The van der Waals surface area contributed by atoms with E-state index in [1.54, 1.807) is 41.3 Å². The number of nitrogens with zero attached hydrogens (tertiary/aromatic N) is 2. The van der Waals surface area contributed by atoms with E-state index in [1.165, 1.54) is 0 Å². The first-order valence-corrected chi connectivity index (χ1v) is 11.2. The molecule has 0 saturated carbocycles. The van der Waals surface area contributed by atoms with Gasteiger partial charge in [-0.25, -0.2) is 0 Å². The van der Waals surface area contributed by atoms with Crippen molar-refractivity contribution in [1.29, 1.82) is 0 Å². The standard InChI is InChI=1S/C22H27BrN4O4/c1-3-26(4-2)14-17-11-12-19(31-17)21(29)25-24-20(28)18-6-5-13-27(18)22(30)15-7-9-16(23)10-8-15/h7-12,18H,3-6,13-14H2,1-2H3,(H,24,28)(H,25,29). The lowest BCUT2D eigenvalue weighted by atomic mass is 10.1. The second-order valence-corrected chi connectivity index (χ2v) is 8.25. The third kappa shape index (κ3) is 5.74. The van der Waals surface area contributed by atoms with Crippen molar-refractivity contribution >= 4 is 33.7 Å². The predicted octanol–water partition coefficient (Wildman–Crippen LogP) is 2.95. The first kappa shape index (κ1) is 23.0. The molecule has 1 fully saturated rings. The summed E-state index contributed by atoms with van der Waals surface area (Å²) in [5, 5.41) is 0. The molecule has 166 valence electrons. The summed E-state index contributed by atoms with van der Waals surface area (Å²) in [4.78, 5) is 41.5. The van der Waals surface area contributed by atoms with Crippen LogP contribution in [-0.2, 0) is 11.3 Å². The van der Waals surface area contributed by atoms with Crippen LogP contribution in [0.5, 0.6) is 0 Å². The van der Waals surface area contributed by atoms with Crippen molar-refractivity contribution in [3.8, 4) is 0 Å². The molecular weight excluding hydrogens is 464 g/mol. The smallest absolute Gasteiger partial charge is 0.305 e. The molecule has 2 aromatic rings. The van der Waals surface area contributed by atoms with E-state index in [0.29, 0.717) is 30.8 Å². The molecule has 1 saturated heterocycles. The summed E-state index contributed by atoms with van der Waals surface area (Å²) in [5.41, 5.74) is 5.33. The van der Waals surface area contributed by atoms with Gasteiger partial charge in [-0.3, -0.25) is 30.1 Å². The number of carbonyl (C=O) groups excluding carboxylic acids is 3. The third-order valence-electron chi connectivity index (χ3n) is 5.37. The number of rotatable bonds is 7. The maximum atomic E-state index is 12.8. The van der Waals surface area contributed by atoms with Crippen LogP contribution in [0.1, 0.15) is 53.4 Å². The molecule has 1 atom stereocenters. The Morgan fingerprint density at radius 3 is 2.48 bits per heavy atom. The Hall–Kier alpha value is -2.65. The van der Waals surface area contributed by atoms with Crippen molar-refractivity contribution in [1.82, 2.24) is 20.7 Å². The summed E-state index contributed by atoms with van der Waals surface area (Å²) in [6.07, 6.45) is 1.26. The van der Waals surface area contributed by atoms with Crippen LogP contribution < -0.4 is 10.9 Å². The minimum atomic E-state index is -0.633. The molecule has 1 aliphatic rings. The Balaban J connectivity index is 1.56. The van der Waals surface area contributed by atoms with Crippen LogP contribution in [-0.4, -0.2) is 53.2 Å². The van der Waals surface area contributed by atoms with E-state index in [0.717, 1.165) is 24.0 Å². The molecule has 1 aromatic heterocycles. The molecule has 3 rings (SSSR count). The van der Waals surface area contributed by atoms with E-state index in [1.807, 2.05) is 0 Å². The molecule has 0 radical (unpaired) electrons. The highest BCUT2D eigenvalue weighted by atomic mass is 79.9. The zero-order valence-electron chi connectivity index (χ0n) is 17.7. The highest BCUT2D eigenvalue weighted by Crippen LogP contribution is 2.21. The molecule has 2 heterocycles. The third-order valence-corrected chi connectivity index (χ3v) is 5.89. The molecule has 2 N–H and O–H groups in total. The van der Waals surface area contributed by atoms with E-state index >= 15 is 0 Å². The molecule has 1 unspecified atom stereocenters. The molecule has 1 aliphatic heterocycles. The Morgan fingerprint density at radius 1 is 1.10 bits per heavy atom. The summed E-state index contributed by atoms with van der Waals surface area (Å²) in [7, 11) is 0. The van der Waals surface area contributed by atoms with E-state index in [9.17, 15) is 14.4 Å². The number of hydrogen-bond acceptors (Lipinski definition) is 5. The lowest BCUT2D eigenvalue weighted by Gasteiger charge is -2.24. The van der Waals surface area contributed by atoms with Gasteiger partial charge >= 0.3 is 5.91 Å². The van der Waals surface area contributed by atoms with Gasteiger partial charge in [0.2, 0.25) is 0 Å². The summed E-state index contributed by atoms with van der Waals surface area (Å²) in [6, 6.07) is 9.71. The minimum absolute atomic E-state index is 0.122. The van der Waals surface area contributed by atoms with Gasteiger partial charge in [0, 0.05) is 16.6 Å². The Bertz CT molecular complexity index is 924. The highest BCUT2D eigenvalue weighted by molar-refractivity contribution is 9.10. The average molecular weight is 491 g/mol. The van der Waals surface area contributed by atoms with Crippen molar-refractivity contribution in [2.45, 2.75) is 39.3 Å². The maximum absolute atomic E-state index is 12.8. The zero-order valence-corrected chi connectivity index (χ0v) is 19.3. The second-order valence-electron chi connectivity index (χ2n) is 7.33. The minimum Gasteiger partial charge on any atom is -0.454 e. The highest BCUT2D eigenvalue weighted by Gasteiger charge is 2.34. The van der Waals surface area contributed by atoms with Crippen LogP contribution in [0.3, 0.4) is 0 Å². The number of amides is 3. The van der Waals surface area contributed by atoms with E-state index < -0.39 is 17.9 Å². The Labute approximate surface area is 190 Å². The summed E-state index contributed by atoms with van der Waals surface area (Å²) >= 11 is 3.35. The van der Waals surface area contributed by atoms with Gasteiger partial charge in [-0.15, -0.1) is 0 Å². The number of furan rings is 1. The molecule has 1 aromatic carbocycles. The number of hydrazine groups is 1. The topological polar surface area (TPSA) is 94.9 Å². The normalized spacial score (nSPS) is 15.9. The largest absolute Gasteiger partial charge is 0.454 e. The molecule has 0 bridgehead atoms. The fraction of sp³-hybridized carbons (Fsp3) is 0.409. The Morgan fingerprint density at radius 2 is 1.81 bits per heavy atom. The lowest BCUT2D eigenvalue weighted by Crippen LogP contribution is -2.51. The molecular formula is C22H27BrN4O4. The first-order chi connectivity index (χ1) is 14.9. The van der Waals surface area contributed by atoms with Gasteiger partial charge in [0.1, 0.15) is 11.8 Å². The second kappa shape index (κ2) is 10.6. The van der Waals surface area contributed by atoms with Gasteiger partial charge in [0.15, 0.2) is 5.76 Å². The van der Waals surface area contributed by atoms with Gasteiger partial charge in [0.25, 0.3) is 11.8 Å². The van der Waals surface area contributed by atoms with Crippen molar-refractivity contribution in [2.75, 3.05) is 19.6 Å². The van der Waals surface area contributed by atoms with Crippen LogP contribution in [0.15, 0.2) is 45.3 Å². The van der Waals surface area contributed by atoms with Gasteiger partial charge in [-0.1, -0.05) is 29.8 Å². The van der Waals surface area contributed by atoms with Crippen molar-refractivity contribution in [3.05, 3.63) is 58.0 Å². The number of carbonyl (C=O) groups is 3. The van der Waals surface area contributed by atoms with Crippen LogP contribution >= 0.6 is 15.9 Å². The average Bonchev–Trinajstić information content (AvgIpc) is 3.45. The number of benzene rings is 1. The van der Waals surface area contributed by atoms with E-state index in [-0.39, 0.29) is 11.7 Å². The van der Waals surface area contributed by atoms with Crippen LogP contribution in [0.25, 0.3) is 0 Å². The van der Waals surface area contributed by atoms with Crippen molar-refractivity contribution < 1.29 is 18.8 Å². The van der Waals surface area contributed by atoms with Gasteiger partial charge in [-0.05, 0) is 62.3 Å². The van der Waals surface area contributed by atoms with Crippen LogP contribution in [0, 0.1) is 0 Å². The van der Waals surface area contributed by atoms with Crippen molar-refractivity contribution in [2.24, 2.45) is 0 Å². The SMILES string of the molecule is CCN(CC)Cc1ccc(C(=O)NNC(=O)C2CCCN2C(=O)c2ccc(Br)cc2)o1. The maximum Gasteiger partial charge on any atom is 0.305 e.